The maximum Gasteiger partial charge on any atom is 0.573 e. The summed E-state index contributed by atoms with van der Waals surface area (Å²) in [7, 11) is 0. The largest absolute Gasteiger partial charge is 0.573 e. The summed E-state index contributed by atoms with van der Waals surface area (Å²) in [5.41, 5.74) is 6.36. The van der Waals surface area contributed by atoms with Crippen LogP contribution in [0.25, 0.3) is 0 Å². The van der Waals surface area contributed by atoms with Gasteiger partial charge < -0.3 is 20.7 Å². The number of hydrogen-bond acceptors (Lipinski definition) is 3. The molecule has 5 nitrogen and oxygen atoms in total. The Bertz CT molecular complexity index is 544. The van der Waals surface area contributed by atoms with Crippen LogP contribution in [0.15, 0.2) is 29.3 Å². The van der Waals surface area contributed by atoms with Gasteiger partial charge >= 0.3 is 6.36 Å². The Hall–Kier alpha value is -1.23. The molecule has 9 heteroatoms. The van der Waals surface area contributed by atoms with Crippen LogP contribution in [-0.2, 0) is 0 Å². The lowest BCUT2D eigenvalue weighted by Crippen LogP contribution is -2.27. The molecule has 3 N–H and O–H groups in total. The number of alkyl halides is 3. The Morgan fingerprint density at radius 2 is 1.73 bits per heavy atom. The van der Waals surface area contributed by atoms with Crippen molar-refractivity contribution in [2.75, 3.05) is 31.5 Å². The number of likely N-dealkylation sites (tertiary alicyclic amines) is 1. The van der Waals surface area contributed by atoms with Gasteiger partial charge in [0.15, 0.2) is 5.96 Å². The molecule has 2 rings (SSSR count). The van der Waals surface area contributed by atoms with E-state index in [1.165, 1.54) is 49.9 Å². The van der Waals surface area contributed by atoms with Crippen molar-refractivity contribution in [2.45, 2.75) is 38.5 Å². The van der Waals surface area contributed by atoms with Gasteiger partial charge in [-0.2, -0.15) is 0 Å². The van der Waals surface area contributed by atoms with Crippen molar-refractivity contribution in [1.82, 2.24) is 4.90 Å². The summed E-state index contributed by atoms with van der Waals surface area (Å²) in [4.78, 5) is 6.72. The molecule has 1 heterocycles. The first kappa shape index (κ1) is 22.8. The highest BCUT2D eigenvalue weighted by molar-refractivity contribution is 14.0. The molecule has 0 spiro atoms. The summed E-state index contributed by atoms with van der Waals surface area (Å²) in [5.74, 6) is -0.0219. The number of rotatable bonds is 6. The second-order valence-corrected chi connectivity index (χ2v) is 6.07. The molecule has 0 saturated carbocycles. The van der Waals surface area contributed by atoms with Crippen molar-refractivity contribution < 1.29 is 17.9 Å². The van der Waals surface area contributed by atoms with Gasteiger partial charge in [-0.25, -0.2) is 0 Å². The third-order valence-electron chi connectivity index (χ3n) is 3.97. The van der Waals surface area contributed by atoms with E-state index in [4.69, 9.17) is 5.73 Å². The number of nitrogens with zero attached hydrogens (tertiary/aromatic N) is 2. The second-order valence-electron chi connectivity index (χ2n) is 6.07. The van der Waals surface area contributed by atoms with E-state index in [0.29, 0.717) is 12.2 Å². The van der Waals surface area contributed by atoms with Crippen molar-refractivity contribution in [3.63, 3.8) is 0 Å². The quantitative estimate of drug-likeness (QED) is 0.274. The van der Waals surface area contributed by atoms with Gasteiger partial charge in [0.25, 0.3) is 0 Å². The molecule has 1 saturated heterocycles. The van der Waals surface area contributed by atoms with Crippen LogP contribution in [0, 0.1) is 0 Å². The third-order valence-corrected chi connectivity index (χ3v) is 3.97. The molecule has 0 atom stereocenters. The van der Waals surface area contributed by atoms with Gasteiger partial charge in [-0.3, -0.25) is 4.99 Å². The Morgan fingerprint density at radius 1 is 1.12 bits per heavy atom. The minimum absolute atomic E-state index is 0. The molecule has 0 radical (unpaired) electrons. The van der Waals surface area contributed by atoms with E-state index in [1.54, 1.807) is 0 Å². The highest BCUT2D eigenvalue weighted by Crippen LogP contribution is 2.23. The van der Waals surface area contributed by atoms with Crippen LogP contribution in [0.1, 0.15) is 32.1 Å². The maximum atomic E-state index is 12.1. The molecule has 0 aromatic heterocycles. The molecular weight excluding hydrogens is 460 g/mol. The molecule has 0 aliphatic carbocycles. The van der Waals surface area contributed by atoms with Gasteiger partial charge in [-0.15, -0.1) is 37.1 Å². The fourth-order valence-electron chi connectivity index (χ4n) is 2.78. The van der Waals surface area contributed by atoms with Crippen molar-refractivity contribution in [1.29, 1.82) is 0 Å². The molecule has 148 valence electrons. The number of aliphatic imine (C=N–C) groups is 1. The van der Waals surface area contributed by atoms with Crippen molar-refractivity contribution >= 4 is 35.6 Å². The van der Waals surface area contributed by atoms with E-state index in [9.17, 15) is 13.2 Å². The Balaban J connectivity index is 0.00000338. The zero-order valence-electron chi connectivity index (χ0n) is 14.6. The van der Waals surface area contributed by atoms with Gasteiger partial charge in [0, 0.05) is 12.2 Å². The average Bonchev–Trinajstić information content (AvgIpc) is 2.81. The Morgan fingerprint density at radius 3 is 2.31 bits per heavy atom. The predicted molar refractivity (Wildman–Crippen MR) is 108 cm³/mol. The minimum Gasteiger partial charge on any atom is -0.406 e. The van der Waals surface area contributed by atoms with Crippen LogP contribution in [0.3, 0.4) is 0 Å². The highest BCUT2D eigenvalue weighted by Gasteiger charge is 2.30. The van der Waals surface area contributed by atoms with Gasteiger partial charge in [0.05, 0.1) is 0 Å². The van der Waals surface area contributed by atoms with Crippen molar-refractivity contribution in [2.24, 2.45) is 10.7 Å². The summed E-state index contributed by atoms with van der Waals surface area (Å²) >= 11 is 0. The topological polar surface area (TPSA) is 62.9 Å². The van der Waals surface area contributed by atoms with Crippen molar-refractivity contribution in [3.8, 4) is 5.75 Å². The normalized spacial score (nSPS) is 16.5. The van der Waals surface area contributed by atoms with Gasteiger partial charge in [0.1, 0.15) is 5.75 Å². The van der Waals surface area contributed by atoms with E-state index < -0.39 is 6.36 Å². The first-order valence-corrected chi connectivity index (χ1v) is 8.57. The highest BCUT2D eigenvalue weighted by atomic mass is 127. The van der Waals surface area contributed by atoms with E-state index in [2.05, 4.69) is 19.9 Å². The lowest BCUT2D eigenvalue weighted by atomic mass is 10.2. The number of guanidine groups is 1. The summed E-state index contributed by atoms with van der Waals surface area (Å²) in [6, 6.07) is 5.37. The number of hydrogen-bond donors (Lipinski definition) is 2. The first-order valence-electron chi connectivity index (χ1n) is 8.57. The summed E-state index contributed by atoms with van der Waals surface area (Å²) in [6.07, 6.45) is 1.40. The molecule has 1 aromatic carbocycles. The standard InChI is InChI=1S/C17H25F3N4O.HI/c18-17(19,20)25-15-8-6-14(7-9-15)23-16(21)22-10-5-13-24-11-3-1-2-4-12-24;/h6-9H,1-5,10-13H2,(H3,21,22,23);1H. The predicted octanol–water partition coefficient (Wildman–Crippen LogP) is 4.20. The number of anilines is 1. The van der Waals surface area contributed by atoms with Crippen LogP contribution < -0.4 is 15.8 Å². The molecule has 1 aromatic rings. The molecular formula is C17H26F3IN4O. The Labute approximate surface area is 169 Å². The summed E-state index contributed by atoms with van der Waals surface area (Å²) in [5, 5.41) is 2.86. The van der Waals surface area contributed by atoms with E-state index in [0.717, 1.165) is 26.1 Å². The van der Waals surface area contributed by atoms with Crippen LogP contribution >= 0.6 is 24.0 Å². The molecule has 1 fully saturated rings. The van der Waals surface area contributed by atoms with Crippen LogP contribution in [0.4, 0.5) is 18.9 Å². The van der Waals surface area contributed by atoms with Crippen LogP contribution in [-0.4, -0.2) is 43.4 Å². The summed E-state index contributed by atoms with van der Waals surface area (Å²) in [6.45, 7) is 3.94. The third kappa shape index (κ3) is 9.46. The maximum absolute atomic E-state index is 12.1. The summed E-state index contributed by atoms with van der Waals surface area (Å²) < 4.78 is 40.1. The first-order chi connectivity index (χ1) is 11.9. The minimum atomic E-state index is -4.69. The monoisotopic (exact) mass is 486 g/mol. The van der Waals surface area contributed by atoms with Crippen LogP contribution in [0.5, 0.6) is 5.75 Å². The lowest BCUT2D eigenvalue weighted by Gasteiger charge is -2.18. The number of ether oxygens (including phenoxy) is 1. The van der Waals surface area contributed by atoms with Gasteiger partial charge in [-0.1, -0.05) is 12.8 Å². The average molecular weight is 486 g/mol. The molecule has 1 aliphatic heterocycles. The fraction of sp³-hybridized carbons (Fsp3) is 0.588. The fourth-order valence-corrected chi connectivity index (χ4v) is 2.78. The molecule has 0 bridgehead atoms. The lowest BCUT2D eigenvalue weighted by molar-refractivity contribution is -0.274. The van der Waals surface area contributed by atoms with Gasteiger partial charge in [-0.05, 0) is 63.2 Å². The van der Waals surface area contributed by atoms with Crippen LogP contribution in [0.2, 0.25) is 0 Å². The molecule has 26 heavy (non-hydrogen) atoms. The van der Waals surface area contributed by atoms with E-state index in [-0.39, 0.29) is 35.7 Å². The van der Waals surface area contributed by atoms with E-state index >= 15 is 0 Å². The number of benzene rings is 1. The number of halogens is 4. The zero-order valence-corrected chi connectivity index (χ0v) is 16.9. The molecule has 0 unspecified atom stereocenters. The number of nitrogens with two attached hydrogens (primary N) is 1. The molecule has 0 amide bonds. The van der Waals surface area contributed by atoms with E-state index in [1.807, 2.05) is 0 Å². The number of nitrogens with one attached hydrogen (secondary N) is 1. The van der Waals surface area contributed by atoms with Crippen molar-refractivity contribution in [3.05, 3.63) is 24.3 Å². The Kier molecular flexibility index (Phi) is 10.1. The zero-order chi connectivity index (χ0) is 18.1. The second kappa shape index (κ2) is 11.5. The van der Waals surface area contributed by atoms with Gasteiger partial charge in [0.2, 0.25) is 0 Å². The molecule has 1 aliphatic rings. The smallest absolute Gasteiger partial charge is 0.406 e. The SMILES string of the molecule is I.NC(=NCCCN1CCCCCC1)Nc1ccc(OC(F)(F)F)cc1.